The molecule has 0 radical (unpaired) electrons. The number of imidazole rings is 1. The second-order valence-electron chi connectivity index (χ2n) is 3.44. The Kier molecular flexibility index (Phi) is 2.80. The van der Waals surface area contributed by atoms with E-state index in [4.69, 9.17) is 0 Å². The van der Waals surface area contributed by atoms with Gasteiger partial charge in [0.25, 0.3) is 5.82 Å². The molecule has 2 rings (SSSR count). The average molecular weight is 288 g/mol. The first-order chi connectivity index (χ1) is 7.50. The SMILES string of the molecule is C[n+]1ccn(C(F)(F)Br)c1-c1ccccc1. The summed E-state index contributed by atoms with van der Waals surface area (Å²) in [6.07, 6.45) is 2.94. The van der Waals surface area contributed by atoms with Gasteiger partial charge in [-0.2, -0.15) is 4.57 Å². The summed E-state index contributed by atoms with van der Waals surface area (Å²) in [6.45, 7) is 0. The molecule has 0 saturated carbocycles. The van der Waals surface area contributed by atoms with Gasteiger partial charge >= 0.3 is 4.96 Å². The van der Waals surface area contributed by atoms with Crippen LogP contribution in [0.15, 0.2) is 42.7 Å². The molecule has 0 bridgehead atoms. The molecule has 0 fully saturated rings. The van der Waals surface area contributed by atoms with Crippen molar-refractivity contribution in [2.45, 2.75) is 4.96 Å². The maximum absolute atomic E-state index is 13.3. The molecule has 0 N–H and O–H groups in total. The van der Waals surface area contributed by atoms with E-state index in [2.05, 4.69) is 15.9 Å². The molecule has 16 heavy (non-hydrogen) atoms. The van der Waals surface area contributed by atoms with Crippen molar-refractivity contribution in [1.82, 2.24) is 4.57 Å². The molecule has 0 aliphatic rings. The molecule has 1 heterocycles. The lowest BCUT2D eigenvalue weighted by molar-refractivity contribution is -0.660. The van der Waals surface area contributed by atoms with Crippen molar-refractivity contribution in [2.75, 3.05) is 0 Å². The van der Waals surface area contributed by atoms with Gasteiger partial charge in [0.2, 0.25) is 0 Å². The molecule has 2 aromatic rings. The summed E-state index contributed by atoms with van der Waals surface area (Å²) in [4.78, 5) is -3.08. The Labute approximate surface area is 100 Å². The van der Waals surface area contributed by atoms with E-state index in [0.717, 1.165) is 10.1 Å². The van der Waals surface area contributed by atoms with Crippen molar-refractivity contribution in [3.63, 3.8) is 0 Å². The fourth-order valence-electron chi connectivity index (χ4n) is 1.61. The largest absolute Gasteiger partial charge is 0.456 e. The van der Waals surface area contributed by atoms with Gasteiger partial charge in [-0.25, -0.2) is 4.57 Å². The molecule has 0 spiro atoms. The van der Waals surface area contributed by atoms with Crippen molar-refractivity contribution in [1.29, 1.82) is 0 Å². The van der Waals surface area contributed by atoms with Crippen LogP contribution < -0.4 is 4.57 Å². The van der Waals surface area contributed by atoms with Crippen molar-refractivity contribution in [3.05, 3.63) is 42.7 Å². The van der Waals surface area contributed by atoms with Gasteiger partial charge in [-0.05, 0) is 12.1 Å². The molecule has 1 aromatic heterocycles. The predicted octanol–water partition coefficient (Wildman–Crippen LogP) is 2.88. The molecule has 0 saturated heterocycles. The van der Waals surface area contributed by atoms with Gasteiger partial charge in [0.05, 0.1) is 12.6 Å². The first-order valence-corrected chi connectivity index (χ1v) is 5.49. The summed E-state index contributed by atoms with van der Waals surface area (Å²) < 4.78 is 29.1. The third kappa shape index (κ3) is 2.00. The molecule has 84 valence electrons. The number of rotatable bonds is 2. The van der Waals surface area contributed by atoms with E-state index >= 15 is 0 Å². The molecular formula is C11H10BrF2N2+. The van der Waals surface area contributed by atoms with Crippen LogP contribution in [0.2, 0.25) is 0 Å². The van der Waals surface area contributed by atoms with Crippen LogP contribution in [0.1, 0.15) is 0 Å². The second-order valence-corrected chi connectivity index (χ2v) is 4.39. The Hall–Kier alpha value is -1.23. The third-order valence-corrected chi connectivity index (χ3v) is 2.69. The zero-order chi connectivity index (χ0) is 11.8. The lowest BCUT2D eigenvalue weighted by Crippen LogP contribution is -2.31. The fraction of sp³-hybridized carbons (Fsp3) is 0.182. The molecule has 1 aromatic carbocycles. The Morgan fingerprint density at radius 1 is 1.25 bits per heavy atom. The van der Waals surface area contributed by atoms with Gasteiger partial charge in [-0.1, -0.05) is 18.2 Å². The zero-order valence-corrected chi connectivity index (χ0v) is 10.2. The van der Waals surface area contributed by atoms with Crippen LogP contribution in [0.25, 0.3) is 11.4 Å². The van der Waals surface area contributed by atoms with Crippen LogP contribution in [0.5, 0.6) is 0 Å². The average Bonchev–Trinajstić information content (AvgIpc) is 2.61. The van der Waals surface area contributed by atoms with E-state index in [1.54, 1.807) is 29.9 Å². The van der Waals surface area contributed by atoms with Gasteiger partial charge in [-0.3, -0.25) is 0 Å². The number of alkyl halides is 3. The number of hydrogen-bond donors (Lipinski definition) is 0. The lowest BCUT2D eigenvalue weighted by Gasteiger charge is -2.07. The van der Waals surface area contributed by atoms with Crippen LogP contribution in [-0.2, 0) is 12.0 Å². The standard InChI is InChI=1S/C11H10BrF2N2/c1-15-7-8-16(11(12,13)14)10(15)9-5-3-2-4-6-9/h2-8H,1H3/q+1. The summed E-state index contributed by atoms with van der Waals surface area (Å²) >= 11 is 2.36. The highest BCUT2D eigenvalue weighted by Crippen LogP contribution is 2.31. The Morgan fingerprint density at radius 3 is 2.44 bits per heavy atom. The Bertz CT molecular complexity index is 488. The molecule has 5 heteroatoms. The number of hydrogen-bond acceptors (Lipinski definition) is 0. The maximum atomic E-state index is 13.3. The minimum atomic E-state index is -3.08. The minimum absolute atomic E-state index is 0.447. The van der Waals surface area contributed by atoms with E-state index < -0.39 is 4.96 Å². The van der Waals surface area contributed by atoms with Gasteiger partial charge in [-0.15, -0.1) is 8.78 Å². The maximum Gasteiger partial charge on any atom is 0.456 e. The van der Waals surface area contributed by atoms with Crippen LogP contribution >= 0.6 is 15.9 Å². The molecule has 2 nitrogen and oxygen atoms in total. The summed E-state index contributed by atoms with van der Waals surface area (Å²) in [5, 5.41) is 0. The van der Waals surface area contributed by atoms with Crippen LogP contribution in [0.3, 0.4) is 0 Å². The van der Waals surface area contributed by atoms with Crippen molar-refractivity contribution in [2.24, 2.45) is 7.05 Å². The summed E-state index contributed by atoms with van der Waals surface area (Å²) in [5.74, 6) is 0.447. The first kappa shape index (κ1) is 11.3. The smallest absolute Gasteiger partial charge is 0.232 e. The topological polar surface area (TPSA) is 8.81 Å². The highest BCUT2D eigenvalue weighted by molar-refractivity contribution is 9.09. The highest BCUT2D eigenvalue weighted by Gasteiger charge is 2.37. The fourth-order valence-corrected chi connectivity index (χ4v) is 1.90. The number of nitrogens with zero attached hydrogens (tertiary/aromatic N) is 2. The summed E-state index contributed by atoms with van der Waals surface area (Å²) in [7, 11) is 1.73. The van der Waals surface area contributed by atoms with Gasteiger partial charge in [0.15, 0.2) is 0 Å². The Balaban J connectivity index is 2.61. The number of halogens is 3. The lowest BCUT2D eigenvalue weighted by atomic mass is 10.2. The summed E-state index contributed by atoms with van der Waals surface area (Å²) in [5.41, 5.74) is 0.745. The molecule has 0 atom stereocenters. The molecular weight excluding hydrogens is 278 g/mol. The monoisotopic (exact) mass is 287 g/mol. The molecule has 0 unspecified atom stereocenters. The normalized spacial score (nSPS) is 11.8. The van der Waals surface area contributed by atoms with Crippen LogP contribution in [0, 0.1) is 0 Å². The summed E-state index contributed by atoms with van der Waals surface area (Å²) in [6, 6.07) is 9.08. The van der Waals surface area contributed by atoms with Crippen molar-refractivity contribution in [3.8, 4) is 11.4 Å². The number of aryl methyl sites for hydroxylation is 1. The van der Waals surface area contributed by atoms with Gasteiger partial charge in [0, 0.05) is 15.9 Å². The quantitative estimate of drug-likeness (QED) is 0.593. The second kappa shape index (κ2) is 3.97. The van der Waals surface area contributed by atoms with E-state index in [-0.39, 0.29) is 0 Å². The minimum Gasteiger partial charge on any atom is -0.232 e. The van der Waals surface area contributed by atoms with Crippen molar-refractivity contribution < 1.29 is 13.3 Å². The molecule has 0 aliphatic heterocycles. The van der Waals surface area contributed by atoms with E-state index in [1.807, 2.05) is 18.2 Å². The van der Waals surface area contributed by atoms with Crippen molar-refractivity contribution >= 4 is 15.9 Å². The van der Waals surface area contributed by atoms with Crippen LogP contribution in [-0.4, -0.2) is 4.57 Å². The molecule has 0 amide bonds. The predicted molar refractivity (Wildman–Crippen MR) is 60.2 cm³/mol. The molecule has 0 aliphatic carbocycles. The first-order valence-electron chi connectivity index (χ1n) is 4.70. The highest BCUT2D eigenvalue weighted by atomic mass is 79.9. The third-order valence-electron chi connectivity index (χ3n) is 2.31. The zero-order valence-electron chi connectivity index (χ0n) is 8.57. The van der Waals surface area contributed by atoms with Crippen LogP contribution in [0.4, 0.5) is 8.78 Å². The van der Waals surface area contributed by atoms with Gasteiger partial charge < -0.3 is 0 Å². The van der Waals surface area contributed by atoms with E-state index in [1.165, 1.54) is 6.20 Å². The van der Waals surface area contributed by atoms with E-state index in [9.17, 15) is 8.78 Å². The van der Waals surface area contributed by atoms with Gasteiger partial charge in [0.1, 0.15) is 12.4 Å². The number of aromatic nitrogens is 2. The van der Waals surface area contributed by atoms with E-state index in [0.29, 0.717) is 5.82 Å². The number of benzene rings is 1. The Morgan fingerprint density at radius 2 is 1.88 bits per heavy atom.